The van der Waals surface area contributed by atoms with E-state index in [1.54, 1.807) is 7.11 Å². The summed E-state index contributed by atoms with van der Waals surface area (Å²) in [5.41, 5.74) is 0. The number of unbranched alkanes of at least 4 members (excludes halogenated alkanes) is 11. The Hall–Kier alpha value is 0.390. The van der Waals surface area contributed by atoms with E-state index < -0.39 is 0 Å². The average molecular weight is 424 g/mol. The van der Waals surface area contributed by atoms with Crippen LogP contribution in [0.15, 0.2) is 12.2 Å². The molecule has 3 heteroatoms. The minimum atomic E-state index is 0.409. The zero-order valence-electron chi connectivity index (χ0n) is 14.7. The number of methoxy groups -OCH3 is 1. The lowest BCUT2D eigenvalue weighted by molar-refractivity contribution is -0.0285. The van der Waals surface area contributed by atoms with Crippen molar-refractivity contribution in [1.82, 2.24) is 0 Å². The minimum absolute atomic E-state index is 0.409. The van der Waals surface area contributed by atoms with E-state index in [1.807, 2.05) is 0 Å². The van der Waals surface area contributed by atoms with Gasteiger partial charge >= 0.3 is 0 Å². The van der Waals surface area contributed by atoms with Crippen LogP contribution in [0.3, 0.4) is 0 Å². The predicted octanol–water partition coefficient (Wildman–Crippen LogP) is 6.67. The van der Waals surface area contributed by atoms with Crippen molar-refractivity contribution in [3.8, 4) is 0 Å². The quantitative estimate of drug-likeness (QED) is 0.0804. The molecule has 0 heterocycles. The molecule has 0 aromatic heterocycles. The van der Waals surface area contributed by atoms with Gasteiger partial charge in [0.15, 0.2) is 0 Å². The van der Waals surface area contributed by atoms with E-state index in [9.17, 15) is 0 Å². The highest BCUT2D eigenvalue weighted by Crippen LogP contribution is 2.12. The Morgan fingerprint density at radius 3 is 1.73 bits per heavy atom. The lowest BCUT2D eigenvalue weighted by Gasteiger charge is -2.02. The van der Waals surface area contributed by atoms with E-state index in [2.05, 4.69) is 34.7 Å². The summed E-state index contributed by atoms with van der Waals surface area (Å²) in [6.45, 7) is 1.18. The normalized spacial score (nSPS) is 11.5. The first-order chi connectivity index (χ1) is 10.9. The number of hydrogen-bond donors (Lipinski definition) is 0. The highest BCUT2D eigenvalue weighted by molar-refractivity contribution is 14.1. The van der Waals surface area contributed by atoms with Crippen molar-refractivity contribution < 1.29 is 9.47 Å². The van der Waals surface area contributed by atoms with Gasteiger partial charge in [0, 0.05) is 7.11 Å². The summed E-state index contributed by atoms with van der Waals surface area (Å²) in [5.74, 6) is 0. The molecule has 132 valence electrons. The van der Waals surface area contributed by atoms with Gasteiger partial charge in [0.25, 0.3) is 0 Å². The van der Waals surface area contributed by atoms with E-state index in [0.717, 1.165) is 13.0 Å². The van der Waals surface area contributed by atoms with Gasteiger partial charge in [0.05, 0.1) is 6.61 Å². The zero-order chi connectivity index (χ0) is 16.1. The molecule has 0 aromatic rings. The summed E-state index contributed by atoms with van der Waals surface area (Å²) in [6, 6.07) is 0. The molecule has 22 heavy (non-hydrogen) atoms. The molecule has 0 aliphatic rings. The summed E-state index contributed by atoms with van der Waals surface area (Å²) >= 11 is 2.48. The van der Waals surface area contributed by atoms with Gasteiger partial charge in [-0.25, -0.2) is 0 Å². The maximum atomic E-state index is 5.23. The maximum Gasteiger partial charge on any atom is 0.146 e. The average Bonchev–Trinajstić information content (AvgIpc) is 2.54. The second-order valence-corrected chi connectivity index (χ2v) is 7.02. The number of rotatable bonds is 18. The van der Waals surface area contributed by atoms with Crippen LogP contribution in [0.1, 0.15) is 83.5 Å². The molecular formula is C19H37IO2. The van der Waals surface area contributed by atoms with Crippen LogP contribution in [0.5, 0.6) is 0 Å². The molecule has 0 unspecified atom stereocenters. The molecule has 0 amide bonds. The van der Waals surface area contributed by atoms with Crippen LogP contribution in [-0.2, 0) is 9.47 Å². The van der Waals surface area contributed by atoms with Crippen molar-refractivity contribution in [2.45, 2.75) is 83.5 Å². The maximum absolute atomic E-state index is 5.23. The zero-order valence-corrected chi connectivity index (χ0v) is 16.8. The van der Waals surface area contributed by atoms with Crippen LogP contribution in [0, 0.1) is 0 Å². The van der Waals surface area contributed by atoms with E-state index in [-0.39, 0.29) is 0 Å². The molecule has 0 aliphatic heterocycles. The van der Waals surface area contributed by atoms with Crippen molar-refractivity contribution in [3.05, 3.63) is 12.2 Å². The molecule has 0 saturated heterocycles. The third-order valence-electron chi connectivity index (χ3n) is 3.80. The van der Waals surface area contributed by atoms with Gasteiger partial charge in [-0.1, -0.05) is 92.5 Å². The molecule has 0 atom stereocenters. The lowest BCUT2D eigenvalue weighted by atomic mass is 10.1. The first-order valence-corrected chi connectivity index (χ1v) is 10.7. The highest BCUT2D eigenvalue weighted by Gasteiger charge is 1.93. The van der Waals surface area contributed by atoms with E-state index in [1.165, 1.54) is 81.5 Å². The van der Waals surface area contributed by atoms with Crippen molar-refractivity contribution in [3.63, 3.8) is 0 Å². The third kappa shape index (κ3) is 20.4. The summed E-state index contributed by atoms with van der Waals surface area (Å²) in [4.78, 5) is 0. The highest BCUT2D eigenvalue weighted by atomic mass is 127. The SMILES string of the molecule is COCOCCC=CCCCCCCCCCCCCCI. The number of ether oxygens (including phenoxy) is 2. The van der Waals surface area contributed by atoms with Gasteiger partial charge in [0.1, 0.15) is 6.79 Å². The van der Waals surface area contributed by atoms with Crippen LogP contribution in [-0.4, -0.2) is 24.9 Å². The van der Waals surface area contributed by atoms with E-state index >= 15 is 0 Å². The van der Waals surface area contributed by atoms with Gasteiger partial charge < -0.3 is 9.47 Å². The molecule has 2 nitrogen and oxygen atoms in total. The lowest BCUT2D eigenvalue weighted by Crippen LogP contribution is -1.96. The first-order valence-electron chi connectivity index (χ1n) is 9.19. The van der Waals surface area contributed by atoms with Crippen molar-refractivity contribution in [2.24, 2.45) is 0 Å². The largest absolute Gasteiger partial charge is 0.359 e. The molecule has 0 bridgehead atoms. The number of allylic oxidation sites excluding steroid dienone is 1. The van der Waals surface area contributed by atoms with Crippen LogP contribution >= 0.6 is 22.6 Å². The smallest absolute Gasteiger partial charge is 0.146 e. The monoisotopic (exact) mass is 424 g/mol. The molecule has 0 aliphatic carbocycles. The van der Waals surface area contributed by atoms with E-state index in [0.29, 0.717) is 6.79 Å². The fourth-order valence-electron chi connectivity index (χ4n) is 2.48. The van der Waals surface area contributed by atoms with Crippen molar-refractivity contribution in [2.75, 3.05) is 24.9 Å². The van der Waals surface area contributed by atoms with Gasteiger partial charge in [-0.05, 0) is 30.1 Å². The van der Waals surface area contributed by atoms with Gasteiger partial charge in [0.2, 0.25) is 0 Å². The molecule has 0 rings (SSSR count). The van der Waals surface area contributed by atoms with Crippen LogP contribution < -0.4 is 0 Å². The van der Waals surface area contributed by atoms with Gasteiger partial charge in [-0.15, -0.1) is 0 Å². The van der Waals surface area contributed by atoms with Gasteiger partial charge in [-0.3, -0.25) is 0 Å². The van der Waals surface area contributed by atoms with Crippen molar-refractivity contribution in [1.29, 1.82) is 0 Å². The van der Waals surface area contributed by atoms with Crippen LogP contribution in [0.4, 0.5) is 0 Å². The fourth-order valence-corrected chi connectivity index (χ4v) is 3.02. The van der Waals surface area contributed by atoms with Crippen LogP contribution in [0.25, 0.3) is 0 Å². The van der Waals surface area contributed by atoms with Gasteiger partial charge in [-0.2, -0.15) is 0 Å². The van der Waals surface area contributed by atoms with E-state index in [4.69, 9.17) is 9.47 Å². The Balaban J connectivity index is 3.00. The fraction of sp³-hybridized carbons (Fsp3) is 0.895. The Labute approximate surface area is 152 Å². The second kappa shape index (κ2) is 21.4. The molecule has 0 radical (unpaired) electrons. The molecule has 0 fully saturated rings. The second-order valence-electron chi connectivity index (χ2n) is 5.94. The summed E-state index contributed by atoms with van der Waals surface area (Å²) < 4.78 is 11.4. The Bertz CT molecular complexity index is 219. The summed E-state index contributed by atoms with van der Waals surface area (Å²) in [7, 11) is 1.66. The summed E-state index contributed by atoms with van der Waals surface area (Å²) in [6.07, 6.45) is 22.4. The molecule has 0 N–H and O–H groups in total. The Kier molecular flexibility index (Phi) is 21.8. The molecule has 0 spiro atoms. The number of alkyl halides is 1. The predicted molar refractivity (Wildman–Crippen MR) is 106 cm³/mol. The standard InChI is InChI=1S/C19H37IO2/c1-21-19-22-18-16-14-12-10-8-6-4-2-3-5-7-9-11-13-15-17-20/h12,14H,2-11,13,15-19H2,1H3. The molecular weight excluding hydrogens is 387 g/mol. The number of hydrogen-bond acceptors (Lipinski definition) is 2. The Morgan fingerprint density at radius 1 is 0.682 bits per heavy atom. The molecule has 0 aromatic carbocycles. The minimum Gasteiger partial charge on any atom is -0.359 e. The van der Waals surface area contributed by atoms with Crippen LogP contribution in [0.2, 0.25) is 0 Å². The topological polar surface area (TPSA) is 18.5 Å². The third-order valence-corrected chi connectivity index (χ3v) is 4.56. The number of halogens is 1. The summed E-state index contributed by atoms with van der Waals surface area (Å²) in [5, 5.41) is 0. The first kappa shape index (κ1) is 22.4. The molecule has 0 saturated carbocycles. The Morgan fingerprint density at radius 2 is 1.18 bits per heavy atom. The van der Waals surface area contributed by atoms with Crippen molar-refractivity contribution >= 4 is 22.6 Å².